The van der Waals surface area contributed by atoms with E-state index in [2.05, 4.69) is 352 Å². The summed E-state index contributed by atoms with van der Waals surface area (Å²) in [6, 6.07) is 131. The van der Waals surface area contributed by atoms with Crippen molar-refractivity contribution >= 4 is 32.3 Å². The lowest BCUT2D eigenvalue weighted by molar-refractivity contribution is 0.435. The zero-order chi connectivity index (χ0) is 62.4. The molecule has 2 aliphatic carbocycles. The molecule has 2 nitrogen and oxygen atoms in total. The first-order chi connectivity index (χ1) is 47.2. The van der Waals surface area contributed by atoms with Gasteiger partial charge in [0.25, 0.3) is 0 Å². The average molecular weight is 1210 g/mol. The third-order valence-corrected chi connectivity index (χ3v) is 21.5. The maximum absolute atomic E-state index is 7.27. The Bertz CT molecular complexity index is 5480. The Hall–Kier alpha value is -12.1. The predicted octanol–water partition coefficient (Wildman–Crippen LogP) is 23.5. The Morgan fingerprint density at radius 2 is 0.526 bits per heavy atom. The lowest BCUT2D eigenvalue weighted by Gasteiger charge is -2.43. The lowest BCUT2D eigenvalue weighted by atomic mass is 9.62. The lowest BCUT2D eigenvalue weighted by Crippen LogP contribution is -2.34. The van der Waals surface area contributed by atoms with Gasteiger partial charge in [-0.1, -0.05) is 322 Å². The SMILES string of the molecule is c1ccc(C2(c3ccccc3)c3ccccc3Oc3cccc(-c4cccc5c(-c6cccc7c6C6(c8ccccc8-c8ccccc86)c6ccc8ccccc8c6-7)c6cccc(-c7cccc8c7C(c7ccccc7)(c7ccccc7)c7ccccc7O8)c6cc45)c32)cc1. The highest BCUT2D eigenvalue weighted by molar-refractivity contribution is 6.21. The van der Waals surface area contributed by atoms with E-state index < -0.39 is 16.2 Å². The Morgan fingerprint density at radius 3 is 1.02 bits per heavy atom. The zero-order valence-electron chi connectivity index (χ0n) is 51.8. The summed E-state index contributed by atoms with van der Waals surface area (Å²) in [4.78, 5) is 0. The second-order valence-corrected chi connectivity index (χ2v) is 25.8. The zero-order valence-corrected chi connectivity index (χ0v) is 51.8. The summed E-state index contributed by atoms with van der Waals surface area (Å²) in [5.41, 5.74) is 23.9. The molecule has 442 valence electrons. The van der Waals surface area contributed by atoms with Crippen LogP contribution in [-0.4, -0.2) is 0 Å². The first kappa shape index (κ1) is 53.6. The van der Waals surface area contributed by atoms with Gasteiger partial charge < -0.3 is 9.47 Å². The minimum Gasteiger partial charge on any atom is -0.457 e. The molecular weight excluding hydrogens is 1150 g/mol. The van der Waals surface area contributed by atoms with Gasteiger partial charge >= 0.3 is 0 Å². The van der Waals surface area contributed by atoms with Gasteiger partial charge in [0, 0.05) is 22.3 Å². The maximum Gasteiger partial charge on any atom is 0.132 e. The van der Waals surface area contributed by atoms with Crippen molar-refractivity contribution in [1.82, 2.24) is 0 Å². The molecule has 0 radical (unpaired) electrons. The van der Waals surface area contributed by atoms with Crippen LogP contribution < -0.4 is 9.47 Å². The molecular formula is C93H58O2. The third-order valence-electron chi connectivity index (χ3n) is 21.5. The quantitative estimate of drug-likeness (QED) is 0.148. The van der Waals surface area contributed by atoms with Crippen LogP contribution in [0.2, 0.25) is 0 Å². The number of hydrogen-bond donors (Lipinski definition) is 0. The monoisotopic (exact) mass is 1210 g/mol. The van der Waals surface area contributed by atoms with Crippen LogP contribution in [0, 0.1) is 0 Å². The summed E-state index contributed by atoms with van der Waals surface area (Å²) in [7, 11) is 0. The first-order valence-electron chi connectivity index (χ1n) is 33.1. The van der Waals surface area contributed by atoms with E-state index >= 15 is 0 Å². The molecule has 1 spiro atoms. The third kappa shape index (κ3) is 7.18. The van der Waals surface area contributed by atoms with Crippen molar-refractivity contribution in [2.45, 2.75) is 16.2 Å². The summed E-state index contributed by atoms with van der Waals surface area (Å²) < 4.78 is 14.5. The molecule has 0 N–H and O–H groups in total. The molecule has 0 aromatic heterocycles. The van der Waals surface area contributed by atoms with E-state index in [9.17, 15) is 0 Å². The van der Waals surface area contributed by atoms with E-state index in [0.29, 0.717) is 0 Å². The Balaban J connectivity index is 0.961. The van der Waals surface area contributed by atoms with Gasteiger partial charge in [-0.3, -0.25) is 0 Å². The normalized spacial score (nSPS) is 14.3. The van der Waals surface area contributed by atoms with E-state index in [4.69, 9.17) is 9.47 Å². The number of hydrogen-bond acceptors (Lipinski definition) is 2. The molecule has 2 heterocycles. The molecule has 0 fully saturated rings. The number of para-hydroxylation sites is 2. The molecule has 4 aliphatic rings. The molecule has 16 aromatic rings. The van der Waals surface area contributed by atoms with Gasteiger partial charge in [-0.05, 0) is 163 Å². The second-order valence-electron chi connectivity index (χ2n) is 25.8. The van der Waals surface area contributed by atoms with Gasteiger partial charge in [0.15, 0.2) is 0 Å². The molecule has 0 saturated heterocycles. The van der Waals surface area contributed by atoms with Crippen LogP contribution in [0.15, 0.2) is 352 Å². The Morgan fingerprint density at radius 1 is 0.179 bits per heavy atom. The molecule has 2 aliphatic heterocycles. The van der Waals surface area contributed by atoms with Gasteiger partial charge in [-0.25, -0.2) is 0 Å². The van der Waals surface area contributed by atoms with Crippen molar-refractivity contribution in [3.63, 3.8) is 0 Å². The standard InChI is InChI=1S/C93H58O2/c1-5-29-60(30-6-1)91(61-31-7-2-8-32-61)79-50-19-21-52-82(79)94-84-54-26-44-71(89(84)91)65-40-23-42-69-75(65)58-76-66(72-45-27-55-85-90(72)92(62-33-9-3-10-34-62,63-35-11-4-12-36-63)80-51-20-22-53-83(80)95-85)41-24-43-70(76)86(69)73-46-25-47-74-87-64-37-14-13-28-59(64)56-57-81(87)93(88(73)74)77-48-17-15-38-67(77)68-39-16-18-49-78(68)93/h1-58H. The van der Waals surface area contributed by atoms with Crippen LogP contribution in [0.25, 0.3) is 88.0 Å². The predicted molar refractivity (Wildman–Crippen MR) is 388 cm³/mol. The van der Waals surface area contributed by atoms with Crippen molar-refractivity contribution in [2.75, 3.05) is 0 Å². The van der Waals surface area contributed by atoms with E-state index in [0.717, 1.165) is 111 Å². The van der Waals surface area contributed by atoms with Crippen LogP contribution in [-0.2, 0) is 16.2 Å². The largest absolute Gasteiger partial charge is 0.457 e. The van der Waals surface area contributed by atoms with Gasteiger partial charge in [-0.15, -0.1) is 0 Å². The fourth-order valence-corrected chi connectivity index (χ4v) is 18.1. The Labute approximate surface area is 551 Å². The summed E-state index contributed by atoms with van der Waals surface area (Å²) in [6.07, 6.45) is 0. The molecule has 20 rings (SSSR count). The molecule has 0 atom stereocenters. The van der Waals surface area contributed by atoms with Crippen molar-refractivity contribution in [3.05, 3.63) is 419 Å². The van der Waals surface area contributed by atoms with E-state index in [1.54, 1.807) is 0 Å². The van der Waals surface area contributed by atoms with Crippen molar-refractivity contribution in [2.24, 2.45) is 0 Å². The highest BCUT2D eigenvalue weighted by atomic mass is 16.5. The molecule has 0 amide bonds. The van der Waals surface area contributed by atoms with Crippen LogP contribution in [0.1, 0.15) is 66.8 Å². The van der Waals surface area contributed by atoms with Crippen molar-refractivity contribution in [1.29, 1.82) is 0 Å². The molecule has 2 heteroatoms. The van der Waals surface area contributed by atoms with Gasteiger partial charge in [0.2, 0.25) is 0 Å². The van der Waals surface area contributed by atoms with Crippen LogP contribution in [0.5, 0.6) is 23.0 Å². The maximum atomic E-state index is 7.27. The minimum atomic E-state index is -0.793. The summed E-state index contributed by atoms with van der Waals surface area (Å²) in [6.45, 7) is 0. The molecule has 0 saturated carbocycles. The van der Waals surface area contributed by atoms with Crippen molar-refractivity contribution in [3.8, 4) is 78.6 Å². The van der Waals surface area contributed by atoms with Gasteiger partial charge in [-0.2, -0.15) is 0 Å². The topological polar surface area (TPSA) is 18.5 Å². The van der Waals surface area contributed by atoms with Crippen LogP contribution in [0.3, 0.4) is 0 Å². The van der Waals surface area contributed by atoms with Gasteiger partial charge in [0.1, 0.15) is 23.0 Å². The molecule has 95 heavy (non-hydrogen) atoms. The average Bonchev–Trinajstić information content (AvgIpc) is 1.54. The highest BCUT2D eigenvalue weighted by Gasteiger charge is 2.54. The molecule has 16 aromatic carbocycles. The second kappa shape index (κ2) is 20.4. The molecule has 0 bridgehead atoms. The minimum absolute atomic E-state index is 0.676. The van der Waals surface area contributed by atoms with Crippen LogP contribution >= 0.6 is 0 Å². The van der Waals surface area contributed by atoms with Gasteiger partial charge in [0.05, 0.1) is 16.2 Å². The number of fused-ring (bicyclic) bond motifs is 18. The number of rotatable bonds is 7. The summed E-state index contributed by atoms with van der Waals surface area (Å²) >= 11 is 0. The fraction of sp³-hybridized carbons (Fsp3) is 0.0323. The first-order valence-corrected chi connectivity index (χ1v) is 33.1. The number of ether oxygens (including phenoxy) is 2. The fourth-order valence-electron chi connectivity index (χ4n) is 18.1. The number of benzene rings is 16. The summed E-state index contributed by atoms with van der Waals surface area (Å²) in [5, 5.41) is 7.06. The van der Waals surface area contributed by atoms with Crippen molar-refractivity contribution < 1.29 is 9.47 Å². The van der Waals surface area contributed by atoms with Crippen LogP contribution in [0.4, 0.5) is 0 Å². The molecule has 0 unspecified atom stereocenters. The Kier molecular flexibility index (Phi) is 11.5. The van der Waals surface area contributed by atoms with E-state index in [1.165, 1.54) is 66.4 Å². The summed E-state index contributed by atoms with van der Waals surface area (Å²) in [5.74, 6) is 3.34. The highest BCUT2D eigenvalue weighted by Crippen LogP contribution is 2.67. The van der Waals surface area contributed by atoms with E-state index in [1.807, 2.05) is 0 Å². The smallest absolute Gasteiger partial charge is 0.132 e. The van der Waals surface area contributed by atoms with E-state index in [-0.39, 0.29) is 0 Å².